The molecule has 1 heterocycles. The number of hydrogen-bond donors (Lipinski definition) is 2. The SMILES string of the molecule is CN=C(NCCCc1cnn(C)c1)NCCC(c1ccccc1)c1ccccc1. The Bertz CT molecular complexity index is 831. The van der Waals surface area contributed by atoms with Crippen molar-refractivity contribution in [2.24, 2.45) is 12.0 Å². The van der Waals surface area contributed by atoms with Gasteiger partial charge >= 0.3 is 0 Å². The maximum Gasteiger partial charge on any atom is 0.190 e. The van der Waals surface area contributed by atoms with Gasteiger partial charge in [0, 0.05) is 39.3 Å². The third-order valence-corrected chi connectivity index (χ3v) is 5.05. The first-order chi connectivity index (χ1) is 14.3. The summed E-state index contributed by atoms with van der Waals surface area (Å²) in [5.74, 6) is 1.23. The van der Waals surface area contributed by atoms with E-state index in [0.717, 1.165) is 38.3 Å². The molecule has 1 aromatic heterocycles. The molecule has 5 nitrogen and oxygen atoms in total. The highest BCUT2D eigenvalue weighted by atomic mass is 15.2. The van der Waals surface area contributed by atoms with Gasteiger partial charge < -0.3 is 10.6 Å². The Morgan fingerprint density at radius 1 is 0.966 bits per heavy atom. The molecule has 2 aromatic carbocycles. The lowest BCUT2D eigenvalue weighted by molar-refractivity contribution is 0.673. The van der Waals surface area contributed by atoms with Crippen LogP contribution in [0, 0.1) is 0 Å². The zero-order chi connectivity index (χ0) is 20.3. The van der Waals surface area contributed by atoms with Crippen LogP contribution in [0.5, 0.6) is 0 Å². The Morgan fingerprint density at radius 2 is 1.59 bits per heavy atom. The van der Waals surface area contributed by atoms with Gasteiger partial charge in [0.1, 0.15) is 0 Å². The van der Waals surface area contributed by atoms with E-state index in [2.05, 4.69) is 87.6 Å². The highest BCUT2D eigenvalue weighted by Crippen LogP contribution is 2.27. The number of nitrogens with one attached hydrogen (secondary N) is 2. The molecule has 3 rings (SSSR count). The lowest BCUT2D eigenvalue weighted by Gasteiger charge is -2.19. The highest BCUT2D eigenvalue weighted by Gasteiger charge is 2.13. The minimum Gasteiger partial charge on any atom is -0.356 e. The van der Waals surface area contributed by atoms with Crippen molar-refractivity contribution in [2.75, 3.05) is 20.1 Å². The summed E-state index contributed by atoms with van der Waals surface area (Å²) in [5.41, 5.74) is 3.96. The van der Waals surface area contributed by atoms with Gasteiger partial charge in [-0.25, -0.2) is 0 Å². The lowest BCUT2D eigenvalue weighted by Crippen LogP contribution is -2.38. The fourth-order valence-corrected chi connectivity index (χ4v) is 3.55. The molecule has 0 saturated carbocycles. The number of nitrogens with zero attached hydrogens (tertiary/aromatic N) is 3. The molecule has 0 aliphatic heterocycles. The number of aromatic nitrogens is 2. The average molecular weight is 390 g/mol. The van der Waals surface area contributed by atoms with E-state index in [0.29, 0.717) is 5.92 Å². The first-order valence-electron chi connectivity index (χ1n) is 10.3. The first kappa shape index (κ1) is 20.6. The van der Waals surface area contributed by atoms with Crippen LogP contribution in [0.2, 0.25) is 0 Å². The van der Waals surface area contributed by atoms with Crippen molar-refractivity contribution in [3.05, 3.63) is 89.7 Å². The van der Waals surface area contributed by atoms with Gasteiger partial charge in [-0.05, 0) is 36.0 Å². The Morgan fingerprint density at radius 3 is 2.14 bits per heavy atom. The van der Waals surface area contributed by atoms with Gasteiger partial charge in [0.25, 0.3) is 0 Å². The second kappa shape index (κ2) is 11.1. The molecule has 0 spiro atoms. The van der Waals surface area contributed by atoms with Crippen LogP contribution >= 0.6 is 0 Å². The van der Waals surface area contributed by atoms with Gasteiger partial charge in [-0.3, -0.25) is 9.67 Å². The summed E-state index contributed by atoms with van der Waals surface area (Å²) in [7, 11) is 3.77. The summed E-state index contributed by atoms with van der Waals surface area (Å²) < 4.78 is 1.85. The summed E-state index contributed by atoms with van der Waals surface area (Å²) in [6.45, 7) is 1.74. The van der Waals surface area contributed by atoms with E-state index in [9.17, 15) is 0 Å². The van der Waals surface area contributed by atoms with Crippen LogP contribution in [0.25, 0.3) is 0 Å². The molecule has 0 unspecified atom stereocenters. The van der Waals surface area contributed by atoms with Gasteiger partial charge in [0.2, 0.25) is 0 Å². The number of guanidine groups is 1. The normalized spacial score (nSPS) is 11.6. The molecular weight excluding hydrogens is 358 g/mol. The standard InChI is InChI=1S/C24H31N5/c1-25-24(26-16-9-10-20-18-28-29(2)19-20)27-17-15-23(21-11-5-3-6-12-21)22-13-7-4-8-14-22/h3-8,11-14,18-19,23H,9-10,15-17H2,1-2H3,(H2,25,26,27). The van der Waals surface area contributed by atoms with Crippen LogP contribution in [0.3, 0.4) is 0 Å². The summed E-state index contributed by atoms with van der Waals surface area (Å²) in [6.07, 6.45) is 7.07. The maximum absolute atomic E-state index is 4.36. The van der Waals surface area contributed by atoms with Gasteiger partial charge in [-0.1, -0.05) is 60.7 Å². The maximum atomic E-state index is 4.36. The third-order valence-electron chi connectivity index (χ3n) is 5.05. The minimum atomic E-state index is 0.369. The number of aliphatic imine (C=N–C) groups is 1. The van der Waals surface area contributed by atoms with Gasteiger partial charge in [-0.2, -0.15) is 5.10 Å². The van der Waals surface area contributed by atoms with Crippen molar-refractivity contribution < 1.29 is 0 Å². The van der Waals surface area contributed by atoms with Crippen LogP contribution in [-0.4, -0.2) is 35.9 Å². The Kier molecular flexibility index (Phi) is 7.87. The molecule has 3 aromatic rings. The first-order valence-corrected chi connectivity index (χ1v) is 10.3. The van der Waals surface area contributed by atoms with E-state index in [-0.39, 0.29) is 0 Å². The molecule has 0 radical (unpaired) electrons. The van der Waals surface area contributed by atoms with Crippen LogP contribution < -0.4 is 10.6 Å². The summed E-state index contributed by atoms with van der Waals surface area (Å²) in [4.78, 5) is 4.36. The van der Waals surface area contributed by atoms with Crippen molar-refractivity contribution >= 4 is 5.96 Å². The molecule has 0 fully saturated rings. The number of benzene rings is 2. The fraction of sp³-hybridized carbons (Fsp3) is 0.333. The second-order valence-electron chi connectivity index (χ2n) is 7.21. The molecule has 0 aliphatic rings. The number of rotatable bonds is 9. The average Bonchev–Trinajstić information content (AvgIpc) is 3.19. The summed E-state index contributed by atoms with van der Waals surface area (Å²) in [5, 5.41) is 11.1. The fourth-order valence-electron chi connectivity index (χ4n) is 3.55. The second-order valence-corrected chi connectivity index (χ2v) is 7.21. The van der Waals surface area contributed by atoms with Crippen LogP contribution in [0.15, 0.2) is 78.0 Å². The zero-order valence-electron chi connectivity index (χ0n) is 17.4. The Labute approximate surface area is 173 Å². The van der Waals surface area contributed by atoms with Crippen LogP contribution in [0.4, 0.5) is 0 Å². The number of hydrogen-bond acceptors (Lipinski definition) is 2. The Balaban J connectivity index is 1.47. The van der Waals surface area contributed by atoms with E-state index in [1.807, 2.05) is 25.0 Å². The zero-order valence-corrected chi connectivity index (χ0v) is 17.4. The largest absolute Gasteiger partial charge is 0.356 e. The van der Waals surface area contributed by atoms with E-state index in [1.54, 1.807) is 0 Å². The smallest absolute Gasteiger partial charge is 0.190 e. The minimum absolute atomic E-state index is 0.369. The highest BCUT2D eigenvalue weighted by molar-refractivity contribution is 5.79. The molecule has 5 heteroatoms. The topological polar surface area (TPSA) is 54.2 Å². The molecule has 0 amide bonds. The van der Waals surface area contributed by atoms with Crippen LogP contribution in [0.1, 0.15) is 35.4 Å². The predicted octanol–water partition coefficient (Wildman–Crippen LogP) is 3.74. The molecule has 152 valence electrons. The van der Waals surface area contributed by atoms with Crippen LogP contribution in [-0.2, 0) is 13.5 Å². The monoisotopic (exact) mass is 389 g/mol. The van der Waals surface area contributed by atoms with Crippen molar-refractivity contribution in [2.45, 2.75) is 25.2 Å². The van der Waals surface area contributed by atoms with Crippen molar-refractivity contribution in [3.8, 4) is 0 Å². The number of aryl methyl sites for hydroxylation is 2. The molecule has 0 aliphatic carbocycles. The lowest BCUT2D eigenvalue weighted by atomic mass is 9.88. The molecule has 29 heavy (non-hydrogen) atoms. The van der Waals surface area contributed by atoms with E-state index < -0.39 is 0 Å². The van der Waals surface area contributed by atoms with Gasteiger partial charge in [0.15, 0.2) is 5.96 Å². The molecule has 0 saturated heterocycles. The van der Waals surface area contributed by atoms with Crippen molar-refractivity contribution in [1.82, 2.24) is 20.4 Å². The summed E-state index contributed by atoms with van der Waals surface area (Å²) in [6, 6.07) is 21.4. The van der Waals surface area contributed by atoms with Gasteiger partial charge in [0.05, 0.1) is 6.20 Å². The molecule has 0 atom stereocenters. The molecule has 0 bridgehead atoms. The van der Waals surface area contributed by atoms with Gasteiger partial charge in [-0.15, -0.1) is 0 Å². The predicted molar refractivity (Wildman–Crippen MR) is 120 cm³/mol. The van der Waals surface area contributed by atoms with E-state index in [1.165, 1.54) is 16.7 Å². The summed E-state index contributed by atoms with van der Waals surface area (Å²) >= 11 is 0. The van der Waals surface area contributed by atoms with E-state index >= 15 is 0 Å². The van der Waals surface area contributed by atoms with Crippen molar-refractivity contribution in [1.29, 1.82) is 0 Å². The van der Waals surface area contributed by atoms with E-state index in [4.69, 9.17) is 0 Å². The quantitative estimate of drug-likeness (QED) is 0.333. The van der Waals surface area contributed by atoms with Crippen molar-refractivity contribution in [3.63, 3.8) is 0 Å². The molecule has 2 N–H and O–H groups in total. The Hall–Kier alpha value is -3.08. The third kappa shape index (κ3) is 6.49. The molecular formula is C24H31N5.